The highest BCUT2D eigenvalue weighted by atomic mass is 16.7. The van der Waals surface area contributed by atoms with E-state index in [9.17, 15) is 0 Å². The number of ether oxygens (including phenoxy) is 2. The number of hydrogen-bond donors (Lipinski definition) is 0. The van der Waals surface area contributed by atoms with Crippen LogP contribution in [0.3, 0.4) is 0 Å². The minimum Gasteiger partial charge on any atom is -0.353 e. The fourth-order valence-corrected chi connectivity index (χ4v) is 26.3. The van der Waals surface area contributed by atoms with Gasteiger partial charge in [0.15, 0.2) is 5.79 Å². The first-order valence-corrected chi connectivity index (χ1v) is 26.4. The fourth-order valence-electron chi connectivity index (χ4n) is 26.3. The lowest BCUT2D eigenvalue weighted by molar-refractivity contribution is -0.258. The molecule has 0 bridgehead atoms. The zero-order valence-corrected chi connectivity index (χ0v) is 35.7. The van der Waals surface area contributed by atoms with Gasteiger partial charge in [0.1, 0.15) is 5.60 Å². The molecule has 1 heterocycles. The molecule has 2 spiro atoms. The van der Waals surface area contributed by atoms with Crippen LogP contribution in [-0.4, -0.2) is 12.9 Å². The van der Waals surface area contributed by atoms with E-state index < -0.39 is 16.8 Å². The zero-order chi connectivity index (χ0) is 40.8. The number of methoxy groups -OCH3 is 1. The fraction of sp³-hybridized carbons (Fsp3) is 0.134. The molecule has 2 atom stereocenters. The summed E-state index contributed by atoms with van der Waals surface area (Å²) >= 11 is 0. The Bertz CT molecular complexity index is 6980. The molecule has 5 aliphatic carbocycles. The van der Waals surface area contributed by atoms with Gasteiger partial charge >= 0.3 is 0 Å². The Morgan fingerprint density at radius 2 is 0.478 bits per heavy atom. The van der Waals surface area contributed by atoms with Gasteiger partial charge < -0.3 is 9.47 Å². The summed E-state index contributed by atoms with van der Waals surface area (Å²) in [5.41, 5.74) is 5.55. The normalized spacial score (nSPS) is 27.0. The monoisotopic (exact) mass is 848 g/mol. The quantitative estimate of drug-likeness (QED) is 0.153. The Kier molecular flexibility index (Phi) is 2.12. The van der Waals surface area contributed by atoms with Crippen molar-refractivity contribution in [2.24, 2.45) is 5.92 Å². The molecular weight excluding hydrogens is 837 g/mol. The van der Waals surface area contributed by atoms with Crippen molar-refractivity contribution < 1.29 is 9.47 Å². The topological polar surface area (TPSA) is 18.5 Å². The van der Waals surface area contributed by atoms with Crippen LogP contribution in [0.15, 0.2) is 0 Å². The zero-order valence-electron chi connectivity index (χ0n) is 35.7. The molecule has 28 aromatic rings. The Morgan fingerprint density at radius 3 is 0.696 bits per heavy atom. The summed E-state index contributed by atoms with van der Waals surface area (Å²) < 4.78 is 16.2. The SMILES string of the molecule is CO[C@]12CCCC[C@@H]1C13c4c5c6c7c8c9c(c%10c%11c1c1c4c4c%12c5c5c6c6c8c8c%13c9c9c%10c%10c%11c%11c1c1c4c4c%12c%12c5c5c6c8c6c8c%13c9c9c%10c%10c%11c1c1c4c4c%12c5c6c5c8c9c%10c1c45)C73O2. The molecule has 2 heteroatoms. The van der Waals surface area contributed by atoms with E-state index >= 15 is 0 Å². The molecule has 1 saturated heterocycles. The van der Waals surface area contributed by atoms with Crippen LogP contribution in [0.25, 0.3) is 291 Å². The Hall–Kier alpha value is -7.62. The lowest BCUT2D eigenvalue weighted by atomic mass is 9.49. The predicted molar refractivity (Wildman–Crippen MR) is 287 cm³/mol. The smallest absolute Gasteiger partial charge is 0.173 e. The van der Waals surface area contributed by atoms with Crippen LogP contribution in [0, 0.1) is 5.92 Å². The average molecular weight is 849 g/mol. The van der Waals surface area contributed by atoms with Crippen molar-refractivity contribution in [2.45, 2.75) is 42.5 Å². The third-order valence-electron chi connectivity index (χ3n) is 26.3. The molecule has 6 aliphatic rings. The molecule has 2 nitrogen and oxygen atoms in total. The van der Waals surface area contributed by atoms with Gasteiger partial charge in [0.25, 0.3) is 0 Å². The van der Waals surface area contributed by atoms with Gasteiger partial charge in [-0.2, -0.15) is 0 Å². The molecule has 0 N–H and O–H groups in total. The van der Waals surface area contributed by atoms with E-state index in [0.29, 0.717) is 0 Å². The highest BCUT2D eigenvalue weighted by molar-refractivity contribution is 6.82. The molecule has 0 aromatic heterocycles. The molecule has 1 aliphatic heterocycles. The van der Waals surface area contributed by atoms with Crippen LogP contribution in [0.1, 0.15) is 47.9 Å². The largest absolute Gasteiger partial charge is 0.353 e. The lowest BCUT2D eigenvalue weighted by Gasteiger charge is -2.51. The number of benzene rings is 18. The van der Waals surface area contributed by atoms with Crippen LogP contribution in [0.4, 0.5) is 0 Å². The van der Waals surface area contributed by atoms with Crippen molar-refractivity contribution >= 4 is 291 Å². The number of fused-ring (bicyclic) bond motifs is 1. The van der Waals surface area contributed by atoms with E-state index in [1.807, 2.05) is 0 Å². The second-order valence-electron chi connectivity index (χ2n) is 26.2. The Labute approximate surface area is 376 Å². The van der Waals surface area contributed by atoms with E-state index in [2.05, 4.69) is 7.11 Å². The first-order valence-electron chi connectivity index (χ1n) is 26.4. The van der Waals surface area contributed by atoms with E-state index in [4.69, 9.17) is 9.47 Å². The molecule has 69 heavy (non-hydrogen) atoms. The maximum atomic E-state index is 8.86. The summed E-state index contributed by atoms with van der Waals surface area (Å²) in [5.74, 6) is -0.467. The molecular formula is C67H12O2. The van der Waals surface area contributed by atoms with Crippen molar-refractivity contribution in [3.8, 4) is 0 Å². The van der Waals surface area contributed by atoms with Crippen molar-refractivity contribution in [1.82, 2.24) is 0 Å². The van der Waals surface area contributed by atoms with Gasteiger partial charge in [-0.1, -0.05) is 6.42 Å². The van der Waals surface area contributed by atoms with Gasteiger partial charge in [0.05, 0.1) is 5.41 Å². The molecule has 2 fully saturated rings. The first-order chi connectivity index (χ1) is 34.3. The van der Waals surface area contributed by atoms with Gasteiger partial charge in [-0.15, -0.1) is 0 Å². The van der Waals surface area contributed by atoms with Crippen molar-refractivity contribution in [1.29, 1.82) is 0 Å². The first kappa shape index (κ1) is 25.7. The van der Waals surface area contributed by atoms with Crippen LogP contribution < -0.4 is 0 Å². The number of hydrogen-bond acceptors (Lipinski definition) is 2. The Morgan fingerprint density at radius 1 is 0.275 bits per heavy atom. The van der Waals surface area contributed by atoms with E-state index in [-0.39, 0.29) is 5.92 Å². The molecule has 0 radical (unpaired) electrons. The summed E-state index contributed by atoms with van der Waals surface area (Å²) in [6, 6.07) is 0. The second-order valence-corrected chi connectivity index (χ2v) is 26.2. The summed E-state index contributed by atoms with van der Waals surface area (Å²) in [7, 11) is 2.05. The standard InChI is InChI=1S/C67H12O2/c1-68-65-5-3-2-4-6(65)66-61-53-45-35-25-17-9-7-8-11-15-13(9)21-29-23(15)33-27-19(11)20-12(8)16-14-10(7)18(17)26-32-22(14)30-24(16)34-28(20)38-37(27)49-43(33)51-41(29)47(39(45)31(21)25)55(61)57(51)63-59(49)60-50(38)44(34)52-42(30)48-40(32)46(36(26)35)54(53)62(66)56(48)58(52)64(60)67(63,66)69-65/h6H,2-5H2,1H3/t6-,65-,66?,67?/m0/s1. The maximum Gasteiger partial charge on any atom is 0.173 e. The highest BCUT2D eigenvalue weighted by Crippen LogP contribution is 2.88. The summed E-state index contributed by atoms with van der Waals surface area (Å²) in [4.78, 5) is 0. The predicted octanol–water partition coefficient (Wildman–Crippen LogP) is 17.8. The molecule has 0 unspecified atom stereocenters. The maximum absolute atomic E-state index is 8.86. The summed E-state index contributed by atoms with van der Waals surface area (Å²) in [6.07, 6.45) is 4.52. The summed E-state index contributed by atoms with van der Waals surface area (Å²) in [6.45, 7) is 0. The van der Waals surface area contributed by atoms with Gasteiger partial charge in [-0.3, -0.25) is 0 Å². The lowest BCUT2D eigenvalue weighted by Crippen LogP contribution is -2.53. The van der Waals surface area contributed by atoms with E-state index in [0.717, 1.165) is 19.3 Å². The van der Waals surface area contributed by atoms with Gasteiger partial charge in [-0.05, 0) is 315 Å². The molecule has 292 valence electrons. The minimum absolute atomic E-state index is 0.208. The van der Waals surface area contributed by atoms with Gasteiger partial charge in [0.2, 0.25) is 0 Å². The van der Waals surface area contributed by atoms with Crippen molar-refractivity contribution in [3.05, 3.63) is 22.3 Å². The molecule has 34 rings (SSSR count). The van der Waals surface area contributed by atoms with Crippen LogP contribution in [0.5, 0.6) is 0 Å². The second kappa shape index (κ2) is 5.69. The van der Waals surface area contributed by atoms with Gasteiger partial charge in [-0.25, -0.2) is 0 Å². The van der Waals surface area contributed by atoms with E-state index in [1.54, 1.807) is 313 Å². The minimum atomic E-state index is -0.677. The third kappa shape index (κ3) is 1.32. The Balaban J connectivity index is 1.21. The van der Waals surface area contributed by atoms with Crippen molar-refractivity contribution in [3.63, 3.8) is 0 Å². The number of rotatable bonds is 1. The van der Waals surface area contributed by atoms with Crippen LogP contribution in [-0.2, 0) is 20.5 Å². The molecule has 1 saturated carbocycles. The van der Waals surface area contributed by atoms with Crippen LogP contribution in [0.2, 0.25) is 0 Å². The van der Waals surface area contributed by atoms with Crippen LogP contribution >= 0.6 is 0 Å². The molecule has 0 amide bonds. The van der Waals surface area contributed by atoms with Crippen molar-refractivity contribution in [2.75, 3.05) is 7.11 Å². The van der Waals surface area contributed by atoms with Gasteiger partial charge in [0, 0.05) is 30.6 Å². The average Bonchev–Trinajstić information content (AvgIpc) is 4.35. The highest BCUT2D eigenvalue weighted by Gasteiger charge is 2.81. The molecule has 28 aromatic carbocycles. The van der Waals surface area contributed by atoms with E-state index in [1.165, 1.54) is 6.42 Å². The summed E-state index contributed by atoms with van der Waals surface area (Å²) in [5, 5.41) is 88.9. The third-order valence-corrected chi connectivity index (χ3v) is 26.3.